The maximum Gasteiger partial charge on any atom is 0.330 e. The summed E-state index contributed by atoms with van der Waals surface area (Å²) in [6, 6.07) is 0. The first-order chi connectivity index (χ1) is 15.8. The Kier molecular flexibility index (Phi) is 9.84. The molecule has 0 aliphatic carbocycles. The van der Waals surface area contributed by atoms with E-state index in [1.54, 1.807) is 6.92 Å². The first-order valence-corrected chi connectivity index (χ1v) is 11.6. The van der Waals surface area contributed by atoms with Crippen molar-refractivity contribution < 1.29 is 42.8 Å². The van der Waals surface area contributed by atoms with Crippen molar-refractivity contribution in [3.63, 3.8) is 0 Å². The van der Waals surface area contributed by atoms with Crippen LogP contribution in [0.5, 0.6) is 0 Å². The largest absolute Gasteiger partial charge is 0.466 e. The first kappa shape index (κ1) is 28.0. The number of rotatable bonds is 9. The minimum absolute atomic E-state index is 0.00150. The van der Waals surface area contributed by atoms with Crippen LogP contribution in [0.2, 0.25) is 0 Å². The van der Waals surface area contributed by atoms with E-state index >= 15 is 0 Å². The van der Waals surface area contributed by atoms with Crippen molar-refractivity contribution in [2.24, 2.45) is 11.8 Å². The van der Waals surface area contributed by atoms with Gasteiger partial charge in [0.2, 0.25) is 0 Å². The third kappa shape index (κ3) is 7.65. The number of methoxy groups -OCH3 is 1. The molecule has 34 heavy (non-hydrogen) atoms. The zero-order chi connectivity index (χ0) is 25.6. The molecule has 2 aliphatic heterocycles. The molecule has 0 radical (unpaired) electrons. The highest BCUT2D eigenvalue weighted by Gasteiger charge is 2.54. The lowest BCUT2D eigenvalue weighted by Gasteiger charge is -2.40. The van der Waals surface area contributed by atoms with Gasteiger partial charge in [-0.2, -0.15) is 0 Å². The zero-order valence-electron chi connectivity index (χ0n) is 21.4. The highest BCUT2D eigenvalue weighted by molar-refractivity contribution is 5.82. The van der Waals surface area contributed by atoms with Gasteiger partial charge in [0.05, 0.1) is 19.8 Å². The van der Waals surface area contributed by atoms with Crippen LogP contribution in [0.3, 0.4) is 0 Å². The Hall–Kier alpha value is -2.23. The van der Waals surface area contributed by atoms with Crippen molar-refractivity contribution in [1.82, 2.24) is 0 Å². The molecule has 0 aromatic rings. The number of hydrogen-bond acceptors (Lipinski definition) is 9. The smallest absolute Gasteiger partial charge is 0.330 e. The fraction of sp³-hybridized carbons (Fsp3) is 0.720. The molecule has 0 N–H and O–H groups in total. The Morgan fingerprint density at radius 2 is 1.65 bits per heavy atom. The molecule has 0 amide bonds. The minimum atomic E-state index is -0.846. The summed E-state index contributed by atoms with van der Waals surface area (Å²) in [5, 5.41) is 0. The molecule has 0 aromatic heterocycles. The van der Waals surface area contributed by atoms with Crippen molar-refractivity contribution in [1.29, 1.82) is 0 Å². The van der Waals surface area contributed by atoms with Crippen molar-refractivity contribution >= 4 is 17.9 Å². The van der Waals surface area contributed by atoms with Crippen LogP contribution in [0, 0.1) is 11.8 Å². The monoisotopic (exact) mass is 482 g/mol. The van der Waals surface area contributed by atoms with Gasteiger partial charge in [0.25, 0.3) is 0 Å². The summed E-state index contributed by atoms with van der Waals surface area (Å²) in [4.78, 5) is 34.8. The van der Waals surface area contributed by atoms with E-state index in [1.807, 2.05) is 39.8 Å². The Balaban J connectivity index is 2.19. The predicted octanol–water partition coefficient (Wildman–Crippen LogP) is 3.11. The van der Waals surface area contributed by atoms with Gasteiger partial charge >= 0.3 is 17.9 Å². The molecule has 9 heteroatoms. The molecule has 9 nitrogen and oxygen atoms in total. The Morgan fingerprint density at radius 3 is 2.24 bits per heavy atom. The molecule has 2 saturated heterocycles. The van der Waals surface area contributed by atoms with E-state index in [0.29, 0.717) is 18.6 Å². The number of esters is 3. The third-order valence-electron chi connectivity index (χ3n) is 6.01. The second-order valence-corrected chi connectivity index (χ2v) is 9.40. The summed E-state index contributed by atoms with van der Waals surface area (Å²) < 4.78 is 34.1. The summed E-state index contributed by atoms with van der Waals surface area (Å²) in [5.41, 5.74) is 0.491. The second kappa shape index (κ2) is 12.0. The quantitative estimate of drug-likeness (QED) is 0.212. The SMILES string of the molecule is COC(=O)/C=C(\C)C(OC(C)=O)C1OCC(C/C=C/C(C)C(C)OC(C)=O)C2OC(C)(C)OC21. The van der Waals surface area contributed by atoms with Crippen molar-refractivity contribution in [3.05, 3.63) is 23.8 Å². The van der Waals surface area contributed by atoms with Crippen LogP contribution in [0.25, 0.3) is 0 Å². The number of carbonyl (C=O) groups excluding carboxylic acids is 3. The maximum atomic E-state index is 11.8. The number of hydrogen-bond donors (Lipinski definition) is 0. The molecule has 0 aromatic carbocycles. The van der Waals surface area contributed by atoms with E-state index in [9.17, 15) is 14.4 Å². The third-order valence-corrected chi connectivity index (χ3v) is 6.01. The van der Waals surface area contributed by atoms with E-state index in [4.69, 9.17) is 28.4 Å². The summed E-state index contributed by atoms with van der Waals surface area (Å²) >= 11 is 0. The second-order valence-electron chi connectivity index (χ2n) is 9.40. The molecular weight excluding hydrogens is 444 g/mol. The Morgan fingerprint density at radius 1 is 1.03 bits per heavy atom. The number of fused-ring (bicyclic) bond motifs is 1. The first-order valence-electron chi connectivity index (χ1n) is 11.6. The summed E-state index contributed by atoms with van der Waals surface area (Å²) in [6.45, 7) is 12.2. The fourth-order valence-corrected chi connectivity index (χ4v) is 4.24. The van der Waals surface area contributed by atoms with Crippen LogP contribution in [-0.2, 0) is 42.8 Å². The van der Waals surface area contributed by atoms with Gasteiger partial charge in [0.1, 0.15) is 18.3 Å². The molecule has 2 fully saturated rings. The van der Waals surface area contributed by atoms with Gasteiger partial charge in [-0.05, 0) is 39.7 Å². The normalized spacial score (nSPS) is 29.1. The van der Waals surface area contributed by atoms with Crippen molar-refractivity contribution in [3.8, 4) is 0 Å². The number of ether oxygens (including phenoxy) is 6. The molecule has 192 valence electrons. The van der Waals surface area contributed by atoms with Gasteiger partial charge in [0.15, 0.2) is 11.9 Å². The molecular formula is C25H38O9. The van der Waals surface area contributed by atoms with Crippen LogP contribution in [-0.4, -0.2) is 67.9 Å². The van der Waals surface area contributed by atoms with Gasteiger partial charge in [-0.15, -0.1) is 0 Å². The molecule has 0 saturated carbocycles. The zero-order valence-corrected chi connectivity index (χ0v) is 21.4. The fourth-order valence-electron chi connectivity index (χ4n) is 4.24. The van der Waals surface area contributed by atoms with E-state index in [1.165, 1.54) is 27.0 Å². The van der Waals surface area contributed by atoms with Crippen LogP contribution in [0.4, 0.5) is 0 Å². The van der Waals surface area contributed by atoms with Gasteiger partial charge in [-0.3, -0.25) is 9.59 Å². The molecule has 0 bridgehead atoms. The van der Waals surface area contributed by atoms with Crippen molar-refractivity contribution in [2.75, 3.05) is 13.7 Å². The summed E-state index contributed by atoms with van der Waals surface area (Å²) in [5.74, 6) is -2.15. The van der Waals surface area contributed by atoms with Gasteiger partial charge in [-0.25, -0.2) is 4.79 Å². The van der Waals surface area contributed by atoms with E-state index < -0.39 is 36.0 Å². The van der Waals surface area contributed by atoms with Crippen LogP contribution < -0.4 is 0 Å². The van der Waals surface area contributed by atoms with Crippen LogP contribution in [0.1, 0.15) is 54.9 Å². The summed E-state index contributed by atoms with van der Waals surface area (Å²) in [7, 11) is 1.28. The van der Waals surface area contributed by atoms with Gasteiger partial charge < -0.3 is 28.4 Å². The molecule has 7 atom stereocenters. The molecule has 2 rings (SSSR count). The lowest BCUT2D eigenvalue weighted by atomic mass is 9.86. The number of carbonyl (C=O) groups is 3. The topological polar surface area (TPSA) is 107 Å². The standard InChI is InChI=1S/C25H38O9/c1-14(16(3)31-17(4)26)10-9-11-19-13-30-23(24-22(19)33-25(6,7)34-24)21(32-18(5)27)15(2)12-20(28)29-8/h9-10,12,14,16,19,21-24H,11,13H2,1-8H3/b10-9+,15-12+. The van der Waals surface area contributed by atoms with Crippen LogP contribution >= 0.6 is 0 Å². The van der Waals surface area contributed by atoms with E-state index in [-0.39, 0.29) is 30.0 Å². The Bertz CT molecular complexity index is 800. The van der Waals surface area contributed by atoms with E-state index in [2.05, 4.69) is 0 Å². The van der Waals surface area contributed by atoms with Crippen LogP contribution in [0.15, 0.2) is 23.8 Å². The highest BCUT2D eigenvalue weighted by Crippen LogP contribution is 2.41. The molecule has 0 spiro atoms. The number of allylic oxidation sites excluding steroid dienone is 1. The Labute approximate surface area is 201 Å². The minimum Gasteiger partial charge on any atom is -0.466 e. The molecule has 2 aliphatic rings. The predicted molar refractivity (Wildman–Crippen MR) is 123 cm³/mol. The lowest BCUT2D eigenvalue weighted by molar-refractivity contribution is -0.180. The molecule has 2 heterocycles. The molecule has 7 unspecified atom stereocenters. The average molecular weight is 483 g/mol. The van der Waals surface area contributed by atoms with Crippen molar-refractivity contribution in [2.45, 2.75) is 91.2 Å². The highest BCUT2D eigenvalue weighted by atomic mass is 16.8. The van der Waals surface area contributed by atoms with Gasteiger partial charge in [0, 0.05) is 31.8 Å². The van der Waals surface area contributed by atoms with E-state index in [0.717, 1.165) is 0 Å². The lowest BCUT2D eigenvalue weighted by Crippen LogP contribution is -2.54. The van der Waals surface area contributed by atoms with Gasteiger partial charge in [-0.1, -0.05) is 19.1 Å². The summed E-state index contributed by atoms with van der Waals surface area (Å²) in [6.07, 6.45) is 3.48. The maximum absolute atomic E-state index is 11.8. The average Bonchev–Trinajstić information content (AvgIpc) is 3.06.